The monoisotopic (exact) mass is 333 g/mol. The van der Waals surface area contributed by atoms with Gasteiger partial charge in [0, 0.05) is 18.8 Å². The third kappa shape index (κ3) is 5.60. The molecule has 1 unspecified atom stereocenters. The van der Waals surface area contributed by atoms with Crippen molar-refractivity contribution in [2.45, 2.75) is 46.1 Å². The van der Waals surface area contributed by atoms with Crippen LogP contribution in [0, 0.1) is 12.8 Å². The summed E-state index contributed by atoms with van der Waals surface area (Å²) in [6.45, 7) is 7.40. The molecule has 6 nitrogen and oxygen atoms in total. The van der Waals surface area contributed by atoms with Gasteiger partial charge in [-0.2, -0.15) is 0 Å². The molecule has 132 valence electrons. The summed E-state index contributed by atoms with van der Waals surface area (Å²) in [6, 6.07) is 5.53. The minimum absolute atomic E-state index is 0.0573. The van der Waals surface area contributed by atoms with E-state index in [2.05, 4.69) is 10.3 Å². The molecule has 1 saturated heterocycles. The number of amides is 2. The van der Waals surface area contributed by atoms with Crippen molar-refractivity contribution < 1.29 is 14.3 Å². The SMILES string of the molecule is Cc1cccc(NC(=O)C2CCCN(C(=O)CCOC(C)C)C2)n1. The minimum Gasteiger partial charge on any atom is -0.378 e. The Morgan fingerprint density at radius 2 is 2.21 bits per heavy atom. The Morgan fingerprint density at radius 3 is 2.92 bits per heavy atom. The number of carbonyl (C=O) groups excluding carboxylic acids is 2. The van der Waals surface area contributed by atoms with Crippen LogP contribution in [0.25, 0.3) is 0 Å². The largest absolute Gasteiger partial charge is 0.378 e. The van der Waals surface area contributed by atoms with Crippen LogP contribution in [0.5, 0.6) is 0 Å². The van der Waals surface area contributed by atoms with Crippen molar-refractivity contribution in [2.24, 2.45) is 5.92 Å². The highest BCUT2D eigenvalue weighted by Gasteiger charge is 2.28. The van der Waals surface area contributed by atoms with Gasteiger partial charge in [-0.25, -0.2) is 4.98 Å². The van der Waals surface area contributed by atoms with E-state index in [0.29, 0.717) is 31.9 Å². The topological polar surface area (TPSA) is 71.5 Å². The van der Waals surface area contributed by atoms with E-state index in [4.69, 9.17) is 4.74 Å². The highest BCUT2D eigenvalue weighted by Crippen LogP contribution is 2.19. The molecule has 0 aromatic carbocycles. The summed E-state index contributed by atoms with van der Waals surface area (Å²) in [4.78, 5) is 30.8. The molecule has 1 aromatic rings. The van der Waals surface area contributed by atoms with Crippen LogP contribution in [0.1, 0.15) is 38.8 Å². The fourth-order valence-electron chi connectivity index (χ4n) is 2.80. The third-order valence-electron chi connectivity index (χ3n) is 4.05. The van der Waals surface area contributed by atoms with Crippen LogP contribution in [0.4, 0.5) is 5.82 Å². The fourth-order valence-corrected chi connectivity index (χ4v) is 2.80. The van der Waals surface area contributed by atoms with Gasteiger partial charge in [0.25, 0.3) is 0 Å². The number of pyridine rings is 1. The standard InChI is InChI=1S/C18H27N3O3/c1-13(2)24-11-9-17(22)21-10-5-7-15(12-21)18(23)20-16-8-4-6-14(3)19-16/h4,6,8,13,15H,5,7,9-12H2,1-3H3,(H,19,20,23). The Hall–Kier alpha value is -1.95. The Labute approximate surface area is 143 Å². The lowest BCUT2D eigenvalue weighted by molar-refractivity contribution is -0.135. The lowest BCUT2D eigenvalue weighted by atomic mass is 9.97. The van der Waals surface area contributed by atoms with Gasteiger partial charge in [0.05, 0.1) is 25.0 Å². The molecule has 1 aliphatic heterocycles. The summed E-state index contributed by atoms with van der Waals surface area (Å²) in [5, 5.41) is 2.86. The summed E-state index contributed by atoms with van der Waals surface area (Å²) in [7, 11) is 0. The third-order valence-corrected chi connectivity index (χ3v) is 4.05. The second kappa shape index (κ2) is 8.78. The summed E-state index contributed by atoms with van der Waals surface area (Å²) in [5.41, 5.74) is 0.860. The summed E-state index contributed by atoms with van der Waals surface area (Å²) in [5.74, 6) is 0.371. The number of rotatable bonds is 6. The average Bonchev–Trinajstić information content (AvgIpc) is 2.54. The maximum atomic E-state index is 12.4. The molecule has 0 spiro atoms. The van der Waals surface area contributed by atoms with E-state index in [1.54, 1.807) is 11.0 Å². The van der Waals surface area contributed by atoms with Gasteiger partial charge < -0.3 is 15.0 Å². The van der Waals surface area contributed by atoms with Crippen LogP contribution < -0.4 is 5.32 Å². The normalized spacial score (nSPS) is 17.8. The number of hydrogen-bond acceptors (Lipinski definition) is 4. The quantitative estimate of drug-likeness (QED) is 0.867. The van der Waals surface area contributed by atoms with Crippen molar-refractivity contribution in [3.05, 3.63) is 23.9 Å². The van der Waals surface area contributed by atoms with E-state index < -0.39 is 0 Å². The van der Waals surface area contributed by atoms with Crippen LogP contribution in [-0.2, 0) is 14.3 Å². The molecule has 0 radical (unpaired) electrons. The average molecular weight is 333 g/mol. The van der Waals surface area contributed by atoms with Gasteiger partial charge in [-0.1, -0.05) is 6.07 Å². The molecule has 6 heteroatoms. The first-order valence-electron chi connectivity index (χ1n) is 8.59. The molecule has 0 bridgehead atoms. The van der Waals surface area contributed by atoms with Crippen LogP contribution in [0.2, 0.25) is 0 Å². The first-order chi connectivity index (χ1) is 11.5. The number of aromatic nitrogens is 1. The van der Waals surface area contributed by atoms with Crippen molar-refractivity contribution in [1.29, 1.82) is 0 Å². The zero-order chi connectivity index (χ0) is 17.5. The summed E-state index contributed by atoms with van der Waals surface area (Å²) < 4.78 is 5.43. The van der Waals surface area contributed by atoms with Crippen LogP contribution in [-0.4, -0.2) is 47.5 Å². The predicted octanol–water partition coefficient (Wildman–Crippen LogP) is 2.38. The van der Waals surface area contributed by atoms with Gasteiger partial charge in [-0.15, -0.1) is 0 Å². The molecule has 1 aliphatic rings. The smallest absolute Gasteiger partial charge is 0.230 e. The number of nitrogens with zero attached hydrogens (tertiary/aromatic N) is 2. The molecule has 2 heterocycles. The summed E-state index contributed by atoms with van der Waals surface area (Å²) >= 11 is 0. The van der Waals surface area contributed by atoms with Crippen LogP contribution in [0.3, 0.4) is 0 Å². The van der Waals surface area contributed by atoms with Crippen molar-refractivity contribution in [2.75, 3.05) is 25.0 Å². The van der Waals surface area contributed by atoms with E-state index in [1.807, 2.05) is 32.9 Å². The van der Waals surface area contributed by atoms with Gasteiger partial charge >= 0.3 is 0 Å². The minimum atomic E-state index is -0.184. The Balaban J connectivity index is 1.85. The zero-order valence-electron chi connectivity index (χ0n) is 14.7. The molecule has 1 N–H and O–H groups in total. The number of aryl methyl sites for hydroxylation is 1. The molecule has 0 saturated carbocycles. The van der Waals surface area contributed by atoms with Crippen LogP contribution in [0.15, 0.2) is 18.2 Å². The Bertz CT molecular complexity index is 574. The number of likely N-dealkylation sites (tertiary alicyclic amines) is 1. The van der Waals surface area contributed by atoms with Gasteiger partial charge in [0.2, 0.25) is 11.8 Å². The van der Waals surface area contributed by atoms with Crippen molar-refractivity contribution in [3.63, 3.8) is 0 Å². The van der Waals surface area contributed by atoms with Gasteiger partial charge in [0.15, 0.2) is 0 Å². The molecule has 1 atom stereocenters. The van der Waals surface area contributed by atoms with Crippen molar-refractivity contribution >= 4 is 17.6 Å². The second-order valence-electron chi connectivity index (χ2n) is 6.50. The molecule has 0 aliphatic carbocycles. The van der Waals surface area contributed by atoms with E-state index in [1.165, 1.54) is 0 Å². The predicted molar refractivity (Wildman–Crippen MR) is 92.6 cm³/mol. The number of piperidine rings is 1. The molecule has 24 heavy (non-hydrogen) atoms. The Morgan fingerprint density at radius 1 is 1.42 bits per heavy atom. The highest BCUT2D eigenvalue weighted by molar-refractivity contribution is 5.92. The molecular weight excluding hydrogens is 306 g/mol. The van der Waals surface area contributed by atoms with Gasteiger partial charge in [0.1, 0.15) is 5.82 Å². The first-order valence-corrected chi connectivity index (χ1v) is 8.59. The summed E-state index contributed by atoms with van der Waals surface area (Å²) in [6.07, 6.45) is 2.13. The van der Waals surface area contributed by atoms with E-state index in [9.17, 15) is 9.59 Å². The van der Waals surface area contributed by atoms with Crippen LogP contribution >= 0.6 is 0 Å². The lowest BCUT2D eigenvalue weighted by Crippen LogP contribution is -2.44. The van der Waals surface area contributed by atoms with Gasteiger partial charge in [-0.05, 0) is 45.7 Å². The molecule has 2 rings (SSSR count). The van der Waals surface area contributed by atoms with E-state index in [0.717, 1.165) is 18.5 Å². The molecule has 1 fully saturated rings. The van der Waals surface area contributed by atoms with Crippen molar-refractivity contribution in [3.8, 4) is 0 Å². The highest BCUT2D eigenvalue weighted by atomic mass is 16.5. The molecule has 1 aromatic heterocycles. The second-order valence-corrected chi connectivity index (χ2v) is 6.50. The number of anilines is 1. The zero-order valence-corrected chi connectivity index (χ0v) is 14.7. The number of carbonyl (C=O) groups is 2. The van der Waals surface area contributed by atoms with Crippen molar-refractivity contribution in [1.82, 2.24) is 9.88 Å². The fraction of sp³-hybridized carbons (Fsp3) is 0.611. The maximum absolute atomic E-state index is 12.4. The molecular formula is C18H27N3O3. The molecule has 2 amide bonds. The maximum Gasteiger partial charge on any atom is 0.230 e. The van der Waals surface area contributed by atoms with E-state index in [-0.39, 0.29) is 23.8 Å². The number of ether oxygens (including phenoxy) is 1. The lowest BCUT2D eigenvalue weighted by Gasteiger charge is -2.32. The van der Waals surface area contributed by atoms with E-state index >= 15 is 0 Å². The number of nitrogens with one attached hydrogen (secondary N) is 1. The van der Waals surface area contributed by atoms with Gasteiger partial charge in [-0.3, -0.25) is 9.59 Å². The number of hydrogen-bond donors (Lipinski definition) is 1. The Kier molecular flexibility index (Phi) is 6.73. The first kappa shape index (κ1) is 18.4.